The maximum atomic E-state index is 5.13. The van der Waals surface area contributed by atoms with Crippen LogP contribution in [0.2, 0.25) is 18.6 Å². The van der Waals surface area contributed by atoms with Gasteiger partial charge in [-0.1, -0.05) is 71.5 Å². The van der Waals surface area contributed by atoms with E-state index in [1.807, 2.05) is 0 Å². The molecule has 0 saturated carbocycles. The molecule has 0 aromatic rings. The van der Waals surface area contributed by atoms with Gasteiger partial charge in [-0.05, 0) is 11.8 Å². The molecule has 115 valence electrons. The van der Waals surface area contributed by atoms with E-state index in [1.165, 1.54) is 5.70 Å². The first-order chi connectivity index (χ1) is 7.68. The van der Waals surface area contributed by atoms with Crippen molar-refractivity contribution >= 4 is 8.80 Å². The third-order valence-corrected chi connectivity index (χ3v) is 7.18. The van der Waals surface area contributed by atoms with Crippen molar-refractivity contribution in [2.75, 3.05) is 0 Å². The summed E-state index contributed by atoms with van der Waals surface area (Å²) < 4.78 is 0. The third kappa shape index (κ3) is 5.99. The second-order valence-electron chi connectivity index (χ2n) is 6.83. The second kappa shape index (κ2) is 9.87. The summed E-state index contributed by atoms with van der Waals surface area (Å²) in [6, 6.07) is 0. The Balaban J connectivity index is -0.000000963. The molecule has 1 aliphatic rings. The van der Waals surface area contributed by atoms with Gasteiger partial charge >= 0.3 is 26.2 Å². The van der Waals surface area contributed by atoms with E-state index in [-0.39, 0.29) is 62.0 Å². The second-order valence-corrected chi connectivity index (χ2v) is 10.3. The van der Waals surface area contributed by atoms with Crippen LogP contribution in [0.1, 0.15) is 41.0 Å². The minimum absolute atomic E-state index is 0. The zero-order chi connectivity index (χ0) is 13.3. The molecule has 5 heteroatoms. The molecule has 0 aliphatic heterocycles. The summed E-state index contributed by atoms with van der Waals surface area (Å²) in [5.74, 6) is 0. The van der Waals surface area contributed by atoms with Gasteiger partial charge in [0.1, 0.15) is 0 Å². The average Bonchev–Trinajstić information content (AvgIpc) is 2.67. The van der Waals surface area contributed by atoms with Gasteiger partial charge in [0.05, 0.1) is 0 Å². The van der Waals surface area contributed by atoms with E-state index >= 15 is 0 Å². The van der Waals surface area contributed by atoms with Gasteiger partial charge in [0, 0.05) is 8.80 Å². The summed E-state index contributed by atoms with van der Waals surface area (Å²) in [5, 5.41) is 5.13. The third-order valence-electron chi connectivity index (χ3n) is 4.53. The predicted molar refractivity (Wildman–Crippen MR) is 81.4 cm³/mol. The largest absolute Gasteiger partial charge is 3.00 e. The standard InChI is InChI=1S/C15H28NSi.2ClH.Zr/c1-12(17(6)7)15(5,14(2,3)4)16-13-10-8-9-11-13;;;/h8-10,12,17H,11H2,1-7H3;2*1H;/q-1;;;+3/p-2. The monoisotopic (exact) mass is 410 g/mol. The minimum Gasteiger partial charge on any atom is -1.00 e. The molecule has 0 heterocycles. The number of halogens is 2. The average molecular weight is 413 g/mol. The fraction of sp³-hybridized carbons (Fsp3) is 0.733. The SMILES string of the molecule is CC([SiH](C)C)C(C)([N-]C1=CC=CC1)C(C)(C)C.[Cl-].[Cl-].[Zr+3]. The van der Waals surface area contributed by atoms with Crippen LogP contribution < -0.4 is 24.8 Å². The van der Waals surface area contributed by atoms with E-state index in [0.29, 0.717) is 5.54 Å². The van der Waals surface area contributed by atoms with Crippen molar-refractivity contribution in [1.82, 2.24) is 0 Å². The van der Waals surface area contributed by atoms with Crippen molar-refractivity contribution in [3.63, 3.8) is 0 Å². The van der Waals surface area contributed by atoms with Crippen LogP contribution in [0.15, 0.2) is 23.9 Å². The molecule has 0 aromatic heterocycles. The maximum Gasteiger partial charge on any atom is 3.00 e. The normalized spacial score (nSPS) is 18.1. The van der Waals surface area contributed by atoms with Crippen molar-refractivity contribution < 1.29 is 51.0 Å². The van der Waals surface area contributed by atoms with Gasteiger partial charge in [-0.3, -0.25) is 0 Å². The van der Waals surface area contributed by atoms with Gasteiger partial charge in [0.15, 0.2) is 0 Å². The maximum absolute atomic E-state index is 5.13. The molecule has 0 saturated heterocycles. The Hall–Kier alpha value is 0.960. The molecule has 0 fully saturated rings. The van der Waals surface area contributed by atoms with Crippen molar-refractivity contribution in [3.8, 4) is 0 Å². The number of hydrogen-bond donors (Lipinski definition) is 0. The van der Waals surface area contributed by atoms with Gasteiger partial charge < -0.3 is 30.1 Å². The van der Waals surface area contributed by atoms with Gasteiger partial charge in [0.2, 0.25) is 0 Å². The van der Waals surface area contributed by atoms with Crippen molar-refractivity contribution in [3.05, 3.63) is 29.2 Å². The van der Waals surface area contributed by atoms with E-state index < -0.39 is 8.80 Å². The Morgan fingerprint density at radius 1 is 1.15 bits per heavy atom. The molecule has 0 spiro atoms. The molecule has 20 heavy (non-hydrogen) atoms. The topological polar surface area (TPSA) is 14.1 Å². The molecular formula is C15H28Cl2NSiZr. The first kappa shape index (κ1) is 25.9. The van der Waals surface area contributed by atoms with Gasteiger partial charge in [-0.15, -0.1) is 5.54 Å². The van der Waals surface area contributed by atoms with Crippen molar-refractivity contribution in [1.29, 1.82) is 0 Å². The van der Waals surface area contributed by atoms with Crippen molar-refractivity contribution in [2.24, 2.45) is 5.41 Å². The first-order valence-electron chi connectivity index (χ1n) is 6.77. The van der Waals surface area contributed by atoms with Crippen LogP contribution in [0, 0.1) is 5.41 Å². The van der Waals surface area contributed by atoms with Crippen LogP contribution in [0.4, 0.5) is 0 Å². The number of allylic oxidation sites excluding steroid dienone is 3. The zero-order valence-electron chi connectivity index (χ0n) is 13.8. The van der Waals surface area contributed by atoms with E-state index in [4.69, 9.17) is 5.32 Å². The van der Waals surface area contributed by atoms with Crippen LogP contribution >= 0.6 is 0 Å². The summed E-state index contributed by atoms with van der Waals surface area (Å²) in [7, 11) is -0.691. The van der Waals surface area contributed by atoms with Gasteiger partial charge in [-0.2, -0.15) is 5.70 Å². The number of nitrogens with zero attached hydrogens (tertiary/aromatic N) is 1. The molecule has 2 atom stereocenters. The van der Waals surface area contributed by atoms with Gasteiger partial charge in [0.25, 0.3) is 0 Å². The van der Waals surface area contributed by atoms with Crippen molar-refractivity contribution in [2.45, 2.75) is 65.2 Å². The molecule has 1 aliphatic carbocycles. The molecular weight excluding hydrogens is 384 g/mol. The summed E-state index contributed by atoms with van der Waals surface area (Å²) in [4.78, 5) is 0. The number of hydrogen-bond acceptors (Lipinski definition) is 0. The summed E-state index contributed by atoms with van der Waals surface area (Å²) in [5.41, 5.74) is 2.24. The Morgan fingerprint density at radius 3 is 1.95 bits per heavy atom. The fourth-order valence-corrected chi connectivity index (χ4v) is 4.29. The van der Waals surface area contributed by atoms with E-state index in [0.717, 1.165) is 6.42 Å². The summed E-state index contributed by atoms with van der Waals surface area (Å²) in [6.45, 7) is 16.6. The molecule has 1 radical (unpaired) electrons. The van der Waals surface area contributed by atoms with Crippen LogP contribution in [-0.2, 0) is 26.2 Å². The van der Waals surface area contributed by atoms with Crippen LogP contribution in [0.25, 0.3) is 5.32 Å². The van der Waals surface area contributed by atoms with Crippen LogP contribution in [0.5, 0.6) is 0 Å². The van der Waals surface area contributed by atoms with E-state index in [9.17, 15) is 0 Å². The summed E-state index contributed by atoms with van der Waals surface area (Å²) in [6.07, 6.45) is 7.50. The zero-order valence-corrected chi connectivity index (χ0v) is 18.9. The smallest absolute Gasteiger partial charge is 1.00 e. The quantitative estimate of drug-likeness (QED) is 0.520. The molecule has 0 amide bonds. The van der Waals surface area contributed by atoms with E-state index in [1.54, 1.807) is 0 Å². The Labute approximate surface area is 159 Å². The molecule has 0 N–H and O–H groups in total. The molecule has 0 aromatic carbocycles. The molecule has 0 bridgehead atoms. The van der Waals surface area contributed by atoms with Crippen LogP contribution in [0.3, 0.4) is 0 Å². The Kier molecular flexibility index (Phi) is 12.8. The summed E-state index contributed by atoms with van der Waals surface area (Å²) >= 11 is 0. The Bertz CT molecular complexity index is 337. The molecule has 1 nitrogen and oxygen atoms in total. The predicted octanol–water partition coefficient (Wildman–Crippen LogP) is -1.11. The van der Waals surface area contributed by atoms with E-state index in [2.05, 4.69) is 65.9 Å². The molecule has 1 rings (SSSR count). The molecule has 2 unspecified atom stereocenters. The Morgan fingerprint density at radius 2 is 1.65 bits per heavy atom. The van der Waals surface area contributed by atoms with Crippen LogP contribution in [-0.4, -0.2) is 14.3 Å². The first-order valence-corrected chi connectivity index (χ1v) is 9.74. The van der Waals surface area contributed by atoms with Gasteiger partial charge in [-0.25, -0.2) is 0 Å². The fourth-order valence-electron chi connectivity index (χ4n) is 2.42. The minimum atomic E-state index is -0.691. The number of rotatable bonds is 4.